The van der Waals surface area contributed by atoms with Crippen LogP contribution in [0.3, 0.4) is 0 Å². The Labute approximate surface area is 169 Å². The lowest BCUT2D eigenvalue weighted by molar-refractivity contribution is -0.121. The molecule has 2 N–H and O–H groups in total. The summed E-state index contributed by atoms with van der Waals surface area (Å²) in [4.78, 5) is 12.0. The number of amides is 1. The first-order valence-corrected chi connectivity index (χ1v) is 11.2. The molecule has 1 amide bonds. The SMILES string of the molecule is CC(O)(CCCCCCC(=O)NCCC1C=CC2=C(CC1)OCCO2)C1CC1. The third kappa shape index (κ3) is 6.84. The maximum Gasteiger partial charge on any atom is 0.219 e. The number of aliphatic hydroxyl groups is 1. The van der Waals surface area contributed by atoms with E-state index in [4.69, 9.17) is 9.47 Å². The molecule has 0 bridgehead atoms. The van der Waals surface area contributed by atoms with Crippen LogP contribution in [-0.2, 0) is 14.3 Å². The number of unbranched alkanes of at least 4 members (excludes halogenated alkanes) is 3. The van der Waals surface area contributed by atoms with Gasteiger partial charge in [-0.2, -0.15) is 0 Å². The Morgan fingerprint density at radius 2 is 1.96 bits per heavy atom. The molecule has 0 radical (unpaired) electrons. The number of nitrogens with one attached hydrogen (secondary N) is 1. The van der Waals surface area contributed by atoms with E-state index in [-0.39, 0.29) is 5.91 Å². The van der Waals surface area contributed by atoms with Crippen molar-refractivity contribution in [2.45, 2.75) is 83.2 Å². The van der Waals surface area contributed by atoms with Crippen molar-refractivity contribution in [3.8, 4) is 0 Å². The molecule has 5 heteroatoms. The van der Waals surface area contributed by atoms with Gasteiger partial charge in [0.15, 0.2) is 5.76 Å². The molecule has 158 valence electrons. The second kappa shape index (κ2) is 10.3. The summed E-state index contributed by atoms with van der Waals surface area (Å²) in [5.74, 6) is 3.01. The largest absolute Gasteiger partial charge is 0.491 e. The summed E-state index contributed by atoms with van der Waals surface area (Å²) < 4.78 is 11.3. The molecule has 0 aromatic rings. The van der Waals surface area contributed by atoms with Gasteiger partial charge in [-0.25, -0.2) is 0 Å². The highest BCUT2D eigenvalue weighted by Gasteiger charge is 2.39. The fraction of sp³-hybridized carbons (Fsp3) is 0.783. The lowest BCUT2D eigenvalue weighted by atomic mass is 9.93. The van der Waals surface area contributed by atoms with Gasteiger partial charge in [0.25, 0.3) is 0 Å². The highest BCUT2D eigenvalue weighted by Crippen LogP contribution is 2.42. The molecule has 2 atom stereocenters. The van der Waals surface area contributed by atoms with Crippen molar-refractivity contribution < 1.29 is 19.4 Å². The first-order chi connectivity index (χ1) is 13.5. The number of hydrogen-bond acceptors (Lipinski definition) is 4. The average Bonchev–Trinajstić information content (AvgIpc) is 3.53. The van der Waals surface area contributed by atoms with Crippen LogP contribution in [0.4, 0.5) is 0 Å². The molecule has 2 unspecified atom stereocenters. The van der Waals surface area contributed by atoms with Gasteiger partial charge in [0.05, 0.1) is 5.60 Å². The lowest BCUT2D eigenvalue weighted by Gasteiger charge is -2.22. The Kier molecular flexibility index (Phi) is 7.83. The number of rotatable bonds is 11. The van der Waals surface area contributed by atoms with Crippen molar-refractivity contribution in [1.29, 1.82) is 0 Å². The molecular formula is C23H37NO4. The predicted molar refractivity (Wildman–Crippen MR) is 109 cm³/mol. The van der Waals surface area contributed by atoms with Gasteiger partial charge in [-0.1, -0.05) is 25.3 Å². The van der Waals surface area contributed by atoms with Gasteiger partial charge in [-0.3, -0.25) is 4.79 Å². The minimum Gasteiger partial charge on any atom is -0.491 e. The Balaban J connectivity index is 1.19. The van der Waals surface area contributed by atoms with Gasteiger partial charge in [-0.15, -0.1) is 0 Å². The third-order valence-electron chi connectivity index (χ3n) is 6.28. The molecule has 0 aromatic heterocycles. The van der Waals surface area contributed by atoms with Gasteiger partial charge in [-0.05, 0) is 63.4 Å². The highest BCUT2D eigenvalue weighted by atomic mass is 16.6. The maximum atomic E-state index is 12.0. The van der Waals surface area contributed by atoms with Crippen LogP contribution in [0.25, 0.3) is 0 Å². The van der Waals surface area contributed by atoms with Crippen LogP contribution in [0.15, 0.2) is 23.7 Å². The zero-order chi connectivity index (χ0) is 19.8. The molecular weight excluding hydrogens is 354 g/mol. The van der Waals surface area contributed by atoms with E-state index in [2.05, 4.69) is 11.4 Å². The van der Waals surface area contributed by atoms with E-state index in [0.29, 0.717) is 31.5 Å². The molecule has 0 spiro atoms. The molecule has 2 aliphatic carbocycles. The Morgan fingerprint density at radius 3 is 2.79 bits per heavy atom. The predicted octanol–water partition coefficient (Wildman–Crippen LogP) is 4.22. The van der Waals surface area contributed by atoms with Crippen molar-refractivity contribution in [1.82, 2.24) is 5.32 Å². The van der Waals surface area contributed by atoms with Crippen LogP contribution in [0.2, 0.25) is 0 Å². The van der Waals surface area contributed by atoms with E-state index < -0.39 is 5.60 Å². The number of carbonyl (C=O) groups is 1. The van der Waals surface area contributed by atoms with Crippen LogP contribution >= 0.6 is 0 Å². The van der Waals surface area contributed by atoms with Crippen molar-refractivity contribution in [2.24, 2.45) is 11.8 Å². The molecule has 0 saturated heterocycles. The molecule has 0 aromatic carbocycles. The highest BCUT2D eigenvalue weighted by molar-refractivity contribution is 5.75. The van der Waals surface area contributed by atoms with Gasteiger partial charge in [0.1, 0.15) is 19.0 Å². The Bertz CT molecular complexity index is 577. The molecule has 1 saturated carbocycles. The number of allylic oxidation sites excluding steroid dienone is 3. The molecule has 3 aliphatic rings. The van der Waals surface area contributed by atoms with Crippen molar-refractivity contribution in [3.63, 3.8) is 0 Å². The monoisotopic (exact) mass is 391 g/mol. The maximum absolute atomic E-state index is 12.0. The minimum atomic E-state index is -0.461. The minimum absolute atomic E-state index is 0.159. The van der Waals surface area contributed by atoms with Crippen molar-refractivity contribution >= 4 is 5.91 Å². The summed E-state index contributed by atoms with van der Waals surface area (Å²) >= 11 is 0. The molecule has 1 aliphatic heterocycles. The quantitative estimate of drug-likeness (QED) is 0.518. The van der Waals surface area contributed by atoms with Crippen LogP contribution in [0.1, 0.15) is 77.6 Å². The van der Waals surface area contributed by atoms with Crippen LogP contribution in [0.5, 0.6) is 0 Å². The van der Waals surface area contributed by atoms with Crippen molar-refractivity contribution in [2.75, 3.05) is 19.8 Å². The van der Waals surface area contributed by atoms with E-state index in [0.717, 1.165) is 69.4 Å². The normalized spacial score (nSPS) is 23.9. The van der Waals surface area contributed by atoms with E-state index in [1.54, 1.807) is 0 Å². The summed E-state index contributed by atoms with van der Waals surface area (Å²) in [6, 6.07) is 0. The molecule has 28 heavy (non-hydrogen) atoms. The number of carbonyl (C=O) groups excluding carboxylic acids is 1. The summed E-state index contributed by atoms with van der Waals surface area (Å²) in [5.41, 5.74) is -0.461. The zero-order valence-corrected chi connectivity index (χ0v) is 17.4. The number of ether oxygens (including phenoxy) is 2. The lowest BCUT2D eigenvalue weighted by Crippen LogP contribution is -2.26. The average molecular weight is 392 g/mol. The fourth-order valence-corrected chi connectivity index (χ4v) is 4.20. The zero-order valence-electron chi connectivity index (χ0n) is 17.4. The molecule has 3 rings (SSSR count). The summed E-state index contributed by atoms with van der Waals surface area (Å²) in [5, 5.41) is 13.4. The second-order valence-corrected chi connectivity index (χ2v) is 8.83. The van der Waals surface area contributed by atoms with Gasteiger partial charge in [0.2, 0.25) is 5.91 Å². The van der Waals surface area contributed by atoms with E-state index >= 15 is 0 Å². The van der Waals surface area contributed by atoms with E-state index in [1.165, 1.54) is 12.8 Å². The summed E-state index contributed by atoms with van der Waals surface area (Å²) in [7, 11) is 0. The topological polar surface area (TPSA) is 67.8 Å². The molecule has 1 fully saturated rings. The summed E-state index contributed by atoms with van der Waals surface area (Å²) in [6.45, 7) is 3.98. The first kappa shape index (κ1) is 21.2. The Morgan fingerprint density at radius 1 is 1.18 bits per heavy atom. The number of hydrogen-bond donors (Lipinski definition) is 2. The molecule has 5 nitrogen and oxygen atoms in total. The Hall–Kier alpha value is -1.49. The third-order valence-corrected chi connectivity index (χ3v) is 6.28. The van der Waals surface area contributed by atoms with Gasteiger partial charge >= 0.3 is 0 Å². The van der Waals surface area contributed by atoms with Crippen LogP contribution in [0, 0.1) is 11.8 Å². The van der Waals surface area contributed by atoms with Crippen LogP contribution < -0.4 is 5.32 Å². The smallest absolute Gasteiger partial charge is 0.219 e. The van der Waals surface area contributed by atoms with Crippen molar-refractivity contribution in [3.05, 3.63) is 23.7 Å². The van der Waals surface area contributed by atoms with Crippen LogP contribution in [-0.4, -0.2) is 36.4 Å². The second-order valence-electron chi connectivity index (χ2n) is 8.83. The summed E-state index contributed by atoms with van der Waals surface area (Å²) in [6.07, 6.45) is 15.2. The van der Waals surface area contributed by atoms with E-state index in [1.807, 2.05) is 13.0 Å². The standard InChI is InChI=1S/C23H37NO4/c1-23(26,19-9-10-19)14-5-3-2-4-6-22(25)24-15-13-18-7-11-20-21(12-8-18)28-17-16-27-20/h7,11,18-19,26H,2-6,8-10,12-17H2,1H3,(H,24,25). The van der Waals surface area contributed by atoms with Gasteiger partial charge in [0, 0.05) is 19.4 Å². The van der Waals surface area contributed by atoms with Gasteiger partial charge < -0.3 is 19.9 Å². The fourth-order valence-electron chi connectivity index (χ4n) is 4.20. The molecule has 1 heterocycles. The first-order valence-electron chi connectivity index (χ1n) is 11.2. The van der Waals surface area contributed by atoms with E-state index in [9.17, 15) is 9.90 Å².